The van der Waals surface area contributed by atoms with E-state index in [-0.39, 0.29) is 12.5 Å². The fourth-order valence-electron chi connectivity index (χ4n) is 2.55. The molecule has 18 heavy (non-hydrogen) atoms. The van der Waals surface area contributed by atoms with E-state index in [1.54, 1.807) is 4.68 Å². The fourth-order valence-corrected chi connectivity index (χ4v) is 2.55. The molecule has 1 aromatic rings. The average Bonchev–Trinajstić information content (AvgIpc) is 2.62. The monoisotopic (exact) mass is 251 g/mol. The Labute approximate surface area is 108 Å². The molecule has 1 N–H and O–H groups in total. The molecule has 0 radical (unpaired) electrons. The zero-order valence-corrected chi connectivity index (χ0v) is 11.1. The van der Waals surface area contributed by atoms with Crippen molar-refractivity contribution in [3.05, 3.63) is 17.5 Å². The zero-order valence-electron chi connectivity index (χ0n) is 11.1. The van der Waals surface area contributed by atoms with Gasteiger partial charge in [0.05, 0.1) is 12.8 Å². The Morgan fingerprint density at radius 1 is 1.61 bits per heavy atom. The highest BCUT2D eigenvalue weighted by molar-refractivity contribution is 5.69. The van der Waals surface area contributed by atoms with Crippen molar-refractivity contribution < 1.29 is 9.53 Å². The van der Waals surface area contributed by atoms with Crippen molar-refractivity contribution in [3.8, 4) is 0 Å². The highest BCUT2D eigenvalue weighted by atomic mass is 16.5. The molecule has 1 aromatic heterocycles. The topological polar surface area (TPSA) is 56.2 Å². The number of carbonyl (C=O) groups is 1. The van der Waals surface area contributed by atoms with Crippen LogP contribution in [0.2, 0.25) is 0 Å². The second-order valence-corrected chi connectivity index (χ2v) is 4.60. The van der Waals surface area contributed by atoms with Crippen molar-refractivity contribution >= 4 is 5.97 Å². The average molecular weight is 251 g/mol. The van der Waals surface area contributed by atoms with Crippen LogP contribution in [0.4, 0.5) is 0 Å². The molecule has 0 amide bonds. The first kappa shape index (κ1) is 13.1. The van der Waals surface area contributed by atoms with Crippen LogP contribution in [-0.4, -0.2) is 29.4 Å². The SMILES string of the molecule is CCOC(=O)Cn1ncc2c1CCCCC2NC. The second kappa shape index (κ2) is 6.00. The molecular weight excluding hydrogens is 230 g/mol. The van der Waals surface area contributed by atoms with Crippen molar-refractivity contribution in [2.75, 3.05) is 13.7 Å². The van der Waals surface area contributed by atoms with Gasteiger partial charge in [0.15, 0.2) is 0 Å². The van der Waals surface area contributed by atoms with E-state index in [1.165, 1.54) is 17.7 Å². The summed E-state index contributed by atoms with van der Waals surface area (Å²) in [5.41, 5.74) is 2.42. The minimum absolute atomic E-state index is 0.214. The van der Waals surface area contributed by atoms with Gasteiger partial charge in [-0.15, -0.1) is 0 Å². The van der Waals surface area contributed by atoms with Gasteiger partial charge in [-0.1, -0.05) is 6.42 Å². The van der Waals surface area contributed by atoms with E-state index in [1.807, 2.05) is 20.2 Å². The summed E-state index contributed by atoms with van der Waals surface area (Å²) in [6.07, 6.45) is 6.38. The first-order chi connectivity index (χ1) is 8.76. The van der Waals surface area contributed by atoms with Crippen molar-refractivity contribution in [1.29, 1.82) is 0 Å². The summed E-state index contributed by atoms with van der Waals surface area (Å²) >= 11 is 0. The fraction of sp³-hybridized carbons (Fsp3) is 0.692. The van der Waals surface area contributed by atoms with E-state index < -0.39 is 0 Å². The van der Waals surface area contributed by atoms with Crippen LogP contribution in [0, 0.1) is 0 Å². The largest absolute Gasteiger partial charge is 0.465 e. The van der Waals surface area contributed by atoms with Gasteiger partial charge < -0.3 is 10.1 Å². The molecule has 5 nitrogen and oxygen atoms in total. The van der Waals surface area contributed by atoms with E-state index in [9.17, 15) is 4.79 Å². The number of ether oxygens (including phenoxy) is 1. The highest BCUT2D eigenvalue weighted by Crippen LogP contribution is 2.28. The van der Waals surface area contributed by atoms with Gasteiger partial charge in [0, 0.05) is 17.3 Å². The standard InChI is InChI=1S/C13H21N3O2/c1-3-18-13(17)9-16-12-7-5-4-6-11(14-2)10(12)8-15-16/h8,11,14H,3-7,9H2,1-2H3. The summed E-state index contributed by atoms with van der Waals surface area (Å²) in [4.78, 5) is 11.5. The Morgan fingerprint density at radius 2 is 2.44 bits per heavy atom. The van der Waals surface area contributed by atoms with Gasteiger partial charge in [-0.2, -0.15) is 5.10 Å². The Kier molecular flexibility index (Phi) is 4.36. The Balaban J connectivity index is 2.18. The molecule has 0 bridgehead atoms. The number of hydrogen-bond donors (Lipinski definition) is 1. The van der Waals surface area contributed by atoms with Crippen LogP contribution in [0.15, 0.2) is 6.20 Å². The van der Waals surface area contributed by atoms with Crippen LogP contribution >= 0.6 is 0 Å². The van der Waals surface area contributed by atoms with Gasteiger partial charge in [0.25, 0.3) is 0 Å². The lowest BCUT2D eigenvalue weighted by Gasteiger charge is -2.13. The molecule has 0 fully saturated rings. The van der Waals surface area contributed by atoms with Gasteiger partial charge in [-0.3, -0.25) is 9.48 Å². The second-order valence-electron chi connectivity index (χ2n) is 4.60. The Morgan fingerprint density at radius 3 is 3.17 bits per heavy atom. The Hall–Kier alpha value is -1.36. The van der Waals surface area contributed by atoms with Crippen LogP contribution in [0.5, 0.6) is 0 Å². The number of aromatic nitrogens is 2. The summed E-state index contributed by atoms with van der Waals surface area (Å²) in [6, 6.07) is 0.360. The molecule has 1 atom stereocenters. The number of carbonyl (C=O) groups excluding carboxylic acids is 1. The number of hydrogen-bond acceptors (Lipinski definition) is 4. The lowest BCUT2D eigenvalue weighted by molar-refractivity contribution is -0.144. The lowest BCUT2D eigenvalue weighted by atomic mass is 10.1. The first-order valence-electron chi connectivity index (χ1n) is 6.63. The molecule has 0 saturated carbocycles. The predicted octanol–water partition coefficient (Wildman–Crippen LogP) is 1.43. The molecule has 1 aliphatic carbocycles. The van der Waals surface area contributed by atoms with Crippen molar-refractivity contribution in [2.45, 2.75) is 45.2 Å². The summed E-state index contributed by atoms with van der Waals surface area (Å²) in [7, 11) is 1.97. The third-order valence-corrected chi connectivity index (χ3v) is 3.45. The number of fused-ring (bicyclic) bond motifs is 1. The molecule has 1 aliphatic rings. The maximum atomic E-state index is 11.5. The molecule has 1 unspecified atom stereocenters. The Bertz CT molecular complexity index is 414. The van der Waals surface area contributed by atoms with Gasteiger partial charge in [-0.05, 0) is 33.2 Å². The minimum Gasteiger partial charge on any atom is -0.465 e. The molecule has 0 saturated heterocycles. The third-order valence-electron chi connectivity index (χ3n) is 3.45. The van der Waals surface area contributed by atoms with Gasteiger partial charge in [0.1, 0.15) is 6.54 Å². The van der Waals surface area contributed by atoms with E-state index >= 15 is 0 Å². The van der Waals surface area contributed by atoms with Gasteiger partial charge >= 0.3 is 5.97 Å². The molecule has 5 heteroatoms. The number of esters is 1. The van der Waals surface area contributed by atoms with Gasteiger partial charge in [0.2, 0.25) is 0 Å². The normalized spacial score (nSPS) is 19.1. The lowest BCUT2D eigenvalue weighted by Crippen LogP contribution is -2.18. The molecular formula is C13H21N3O2. The molecule has 1 heterocycles. The first-order valence-corrected chi connectivity index (χ1v) is 6.63. The van der Waals surface area contributed by atoms with Crippen molar-refractivity contribution in [1.82, 2.24) is 15.1 Å². The summed E-state index contributed by atoms with van der Waals surface area (Å²) in [6.45, 7) is 2.46. The van der Waals surface area contributed by atoms with E-state index in [2.05, 4.69) is 10.4 Å². The quantitative estimate of drug-likeness (QED) is 0.650. The predicted molar refractivity (Wildman–Crippen MR) is 68.2 cm³/mol. The van der Waals surface area contributed by atoms with Crippen LogP contribution < -0.4 is 5.32 Å². The number of nitrogens with zero attached hydrogens (tertiary/aromatic N) is 2. The van der Waals surface area contributed by atoms with Crippen LogP contribution in [0.1, 0.15) is 43.5 Å². The summed E-state index contributed by atoms with van der Waals surface area (Å²) in [5, 5.41) is 7.66. The van der Waals surface area contributed by atoms with Crippen LogP contribution in [-0.2, 0) is 22.5 Å². The molecule has 0 aliphatic heterocycles. The van der Waals surface area contributed by atoms with E-state index in [0.29, 0.717) is 12.6 Å². The molecule has 2 rings (SSSR count). The van der Waals surface area contributed by atoms with Crippen molar-refractivity contribution in [2.24, 2.45) is 0 Å². The third kappa shape index (κ3) is 2.72. The van der Waals surface area contributed by atoms with Crippen LogP contribution in [0.3, 0.4) is 0 Å². The maximum Gasteiger partial charge on any atom is 0.327 e. The minimum atomic E-state index is -0.214. The summed E-state index contributed by atoms with van der Waals surface area (Å²) < 4.78 is 6.77. The van der Waals surface area contributed by atoms with E-state index in [4.69, 9.17) is 4.74 Å². The smallest absolute Gasteiger partial charge is 0.327 e. The van der Waals surface area contributed by atoms with Crippen LogP contribution in [0.25, 0.3) is 0 Å². The van der Waals surface area contributed by atoms with Gasteiger partial charge in [-0.25, -0.2) is 0 Å². The zero-order chi connectivity index (χ0) is 13.0. The number of rotatable bonds is 4. The highest BCUT2D eigenvalue weighted by Gasteiger charge is 2.22. The summed E-state index contributed by atoms with van der Waals surface area (Å²) in [5.74, 6) is -0.214. The molecule has 0 aromatic carbocycles. The van der Waals surface area contributed by atoms with E-state index in [0.717, 1.165) is 19.3 Å². The van der Waals surface area contributed by atoms with Crippen molar-refractivity contribution in [3.63, 3.8) is 0 Å². The molecule has 0 spiro atoms. The number of nitrogens with one attached hydrogen (secondary N) is 1. The maximum absolute atomic E-state index is 11.5. The molecule has 100 valence electrons.